The first-order chi connectivity index (χ1) is 10.9. The molecule has 0 aliphatic heterocycles. The number of hydrogen-bond acceptors (Lipinski definition) is 4. The van der Waals surface area contributed by atoms with E-state index in [1.165, 1.54) is 31.3 Å². The van der Waals surface area contributed by atoms with Gasteiger partial charge in [0, 0.05) is 25.2 Å². The summed E-state index contributed by atoms with van der Waals surface area (Å²) in [6, 6.07) is 5.75. The average Bonchev–Trinajstić information content (AvgIpc) is 2.95. The molecule has 1 aromatic carbocycles. The second kappa shape index (κ2) is 7.04. The molecule has 0 radical (unpaired) electrons. The molecule has 0 saturated heterocycles. The standard InChI is InChI=1S/C16H18FN3O3/c1-9(6-15(21)18-3)12-8-11(4-5-13(12)17)19-16(22)14-7-10(2)23-20-14/h4-5,7-9H,6H2,1-3H3,(H,18,21)(H,19,22). The zero-order chi connectivity index (χ0) is 17.0. The van der Waals surface area contributed by atoms with E-state index < -0.39 is 11.7 Å². The topological polar surface area (TPSA) is 84.2 Å². The first kappa shape index (κ1) is 16.7. The highest BCUT2D eigenvalue weighted by Gasteiger charge is 2.17. The fourth-order valence-corrected chi connectivity index (χ4v) is 2.16. The Balaban J connectivity index is 2.16. The molecule has 2 N–H and O–H groups in total. The van der Waals surface area contributed by atoms with Crippen LogP contribution in [0.5, 0.6) is 0 Å². The van der Waals surface area contributed by atoms with E-state index in [0.717, 1.165) is 0 Å². The molecule has 2 aromatic rings. The summed E-state index contributed by atoms with van der Waals surface area (Å²) in [6.45, 7) is 3.43. The molecule has 0 fully saturated rings. The van der Waals surface area contributed by atoms with Crippen molar-refractivity contribution >= 4 is 17.5 Å². The number of benzene rings is 1. The number of amides is 2. The number of anilines is 1. The van der Waals surface area contributed by atoms with Crippen LogP contribution in [0.4, 0.5) is 10.1 Å². The van der Waals surface area contributed by atoms with Gasteiger partial charge in [0.05, 0.1) is 0 Å². The van der Waals surface area contributed by atoms with E-state index in [0.29, 0.717) is 17.0 Å². The number of rotatable bonds is 5. The van der Waals surface area contributed by atoms with Gasteiger partial charge in [-0.3, -0.25) is 9.59 Å². The molecule has 1 heterocycles. The van der Waals surface area contributed by atoms with Crippen LogP contribution in [0.3, 0.4) is 0 Å². The van der Waals surface area contributed by atoms with Gasteiger partial charge < -0.3 is 15.2 Å². The normalized spacial score (nSPS) is 11.8. The Morgan fingerprint density at radius 3 is 2.70 bits per heavy atom. The third kappa shape index (κ3) is 4.15. The second-order valence-corrected chi connectivity index (χ2v) is 5.29. The number of nitrogens with one attached hydrogen (secondary N) is 2. The van der Waals surface area contributed by atoms with Gasteiger partial charge >= 0.3 is 0 Å². The van der Waals surface area contributed by atoms with Crippen LogP contribution < -0.4 is 10.6 Å². The Labute approximate surface area is 133 Å². The Bertz CT molecular complexity index is 727. The van der Waals surface area contributed by atoms with Crippen molar-refractivity contribution in [2.24, 2.45) is 0 Å². The maximum Gasteiger partial charge on any atom is 0.277 e. The predicted molar refractivity (Wildman–Crippen MR) is 82.7 cm³/mol. The highest BCUT2D eigenvalue weighted by Crippen LogP contribution is 2.25. The molecule has 1 atom stereocenters. The maximum atomic E-state index is 14.0. The van der Waals surface area contributed by atoms with Crippen LogP contribution in [-0.4, -0.2) is 24.0 Å². The van der Waals surface area contributed by atoms with Gasteiger partial charge in [-0.2, -0.15) is 0 Å². The van der Waals surface area contributed by atoms with Crippen LogP contribution in [0, 0.1) is 12.7 Å². The lowest BCUT2D eigenvalue weighted by Crippen LogP contribution is -2.20. The van der Waals surface area contributed by atoms with Crippen molar-refractivity contribution in [3.05, 3.63) is 47.1 Å². The lowest BCUT2D eigenvalue weighted by Gasteiger charge is -2.14. The first-order valence-corrected chi connectivity index (χ1v) is 7.15. The number of hydrogen-bond donors (Lipinski definition) is 2. The number of carbonyl (C=O) groups excluding carboxylic acids is 2. The zero-order valence-electron chi connectivity index (χ0n) is 13.1. The smallest absolute Gasteiger partial charge is 0.277 e. The summed E-state index contributed by atoms with van der Waals surface area (Å²) in [5, 5.41) is 8.76. The molecule has 0 spiro atoms. The molecule has 1 unspecified atom stereocenters. The van der Waals surface area contributed by atoms with Gasteiger partial charge in [-0.1, -0.05) is 12.1 Å². The largest absolute Gasteiger partial charge is 0.361 e. The van der Waals surface area contributed by atoms with Crippen molar-refractivity contribution in [3.8, 4) is 0 Å². The van der Waals surface area contributed by atoms with E-state index in [4.69, 9.17) is 4.52 Å². The molecule has 0 bridgehead atoms. The summed E-state index contributed by atoms with van der Waals surface area (Å²) in [4.78, 5) is 23.5. The fraction of sp³-hybridized carbons (Fsp3) is 0.312. The fourth-order valence-electron chi connectivity index (χ4n) is 2.16. The summed E-state index contributed by atoms with van der Waals surface area (Å²) in [7, 11) is 1.53. The number of halogens is 1. The van der Waals surface area contributed by atoms with Crippen LogP contribution in [-0.2, 0) is 4.79 Å². The number of nitrogens with zero attached hydrogens (tertiary/aromatic N) is 1. The first-order valence-electron chi connectivity index (χ1n) is 7.15. The van der Waals surface area contributed by atoms with Crippen molar-refractivity contribution in [1.29, 1.82) is 0 Å². The monoisotopic (exact) mass is 319 g/mol. The Morgan fingerprint density at radius 2 is 2.09 bits per heavy atom. The summed E-state index contributed by atoms with van der Waals surface area (Å²) in [5.41, 5.74) is 0.935. The van der Waals surface area contributed by atoms with Crippen LogP contribution >= 0.6 is 0 Å². The van der Waals surface area contributed by atoms with E-state index in [9.17, 15) is 14.0 Å². The van der Waals surface area contributed by atoms with Gasteiger partial charge in [-0.15, -0.1) is 0 Å². The van der Waals surface area contributed by atoms with Crippen molar-refractivity contribution in [2.45, 2.75) is 26.2 Å². The van der Waals surface area contributed by atoms with Gasteiger partial charge in [0.25, 0.3) is 5.91 Å². The highest BCUT2D eigenvalue weighted by molar-refractivity contribution is 6.02. The Morgan fingerprint density at radius 1 is 1.35 bits per heavy atom. The summed E-state index contributed by atoms with van der Waals surface area (Å²) in [6.07, 6.45) is 0.160. The molecule has 0 saturated carbocycles. The average molecular weight is 319 g/mol. The van der Waals surface area contributed by atoms with Crippen LogP contribution in [0.2, 0.25) is 0 Å². The van der Waals surface area contributed by atoms with E-state index in [-0.39, 0.29) is 23.9 Å². The third-order valence-electron chi connectivity index (χ3n) is 3.42. The third-order valence-corrected chi connectivity index (χ3v) is 3.42. The molecule has 0 aliphatic rings. The molecule has 23 heavy (non-hydrogen) atoms. The molecule has 6 nitrogen and oxygen atoms in total. The van der Waals surface area contributed by atoms with Crippen LogP contribution in [0.15, 0.2) is 28.8 Å². The minimum Gasteiger partial charge on any atom is -0.361 e. The Hall–Kier alpha value is -2.70. The molecular weight excluding hydrogens is 301 g/mol. The van der Waals surface area contributed by atoms with Gasteiger partial charge in [-0.05, 0) is 36.6 Å². The molecule has 0 aliphatic carbocycles. The summed E-state index contributed by atoms with van der Waals surface area (Å²) < 4.78 is 18.8. The maximum absolute atomic E-state index is 14.0. The lowest BCUT2D eigenvalue weighted by atomic mass is 9.96. The summed E-state index contributed by atoms with van der Waals surface area (Å²) in [5.74, 6) is -0.838. The quantitative estimate of drug-likeness (QED) is 0.887. The van der Waals surface area contributed by atoms with Crippen molar-refractivity contribution in [1.82, 2.24) is 10.5 Å². The van der Waals surface area contributed by atoms with E-state index in [2.05, 4.69) is 15.8 Å². The van der Waals surface area contributed by atoms with E-state index >= 15 is 0 Å². The van der Waals surface area contributed by atoms with Crippen molar-refractivity contribution in [2.75, 3.05) is 12.4 Å². The minimum absolute atomic E-state index is 0.145. The van der Waals surface area contributed by atoms with Gasteiger partial charge in [0.1, 0.15) is 11.6 Å². The van der Waals surface area contributed by atoms with Crippen molar-refractivity contribution in [3.63, 3.8) is 0 Å². The lowest BCUT2D eigenvalue weighted by molar-refractivity contribution is -0.120. The van der Waals surface area contributed by atoms with Gasteiger partial charge in [0.15, 0.2) is 5.69 Å². The van der Waals surface area contributed by atoms with Gasteiger partial charge in [0.2, 0.25) is 5.91 Å². The Kier molecular flexibility index (Phi) is 5.10. The number of aryl methyl sites for hydroxylation is 1. The zero-order valence-corrected chi connectivity index (χ0v) is 13.1. The van der Waals surface area contributed by atoms with Gasteiger partial charge in [-0.25, -0.2) is 4.39 Å². The number of carbonyl (C=O) groups is 2. The molecule has 2 amide bonds. The molecular formula is C16H18FN3O3. The minimum atomic E-state index is -0.446. The van der Waals surface area contributed by atoms with Crippen LogP contribution in [0.25, 0.3) is 0 Å². The molecule has 7 heteroatoms. The molecule has 122 valence electrons. The van der Waals surface area contributed by atoms with Crippen LogP contribution in [0.1, 0.15) is 41.1 Å². The number of aromatic nitrogens is 1. The van der Waals surface area contributed by atoms with E-state index in [1.54, 1.807) is 13.8 Å². The van der Waals surface area contributed by atoms with E-state index in [1.807, 2.05) is 0 Å². The second-order valence-electron chi connectivity index (χ2n) is 5.29. The molecule has 2 rings (SSSR count). The summed E-state index contributed by atoms with van der Waals surface area (Å²) >= 11 is 0. The molecule has 1 aromatic heterocycles. The SMILES string of the molecule is CNC(=O)CC(C)c1cc(NC(=O)c2cc(C)on2)ccc1F. The predicted octanol–water partition coefficient (Wildman–Crippen LogP) is 2.61. The van der Waals surface area contributed by atoms with Crippen molar-refractivity contribution < 1.29 is 18.5 Å². The highest BCUT2D eigenvalue weighted by atomic mass is 19.1.